The van der Waals surface area contributed by atoms with Gasteiger partial charge in [-0.1, -0.05) is 56.2 Å². The average molecular weight is 1080 g/mol. The highest BCUT2D eigenvalue weighted by Crippen LogP contribution is 2.38. The van der Waals surface area contributed by atoms with Crippen molar-refractivity contribution in [3.63, 3.8) is 0 Å². The maximum Gasteiger partial charge on any atom is 0.268 e. The zero-order valence-corrected chi connectivity index (χ0v) is 43.2. The van der Waals surface area contributed by atoms with Gasteiger partial charge in [-0.05, 0) is 129 Å². The zero-order chi connectivity index (χ0) is 53.8. The lowest BCUT2D eigenvalue weighted by molar-refractivity contribution is 0.259. The Morgan fingerprint density at radius 3 is 1.83 bits per heavy atom. The number of nitriles is 2. The fraction of sp³-hybridized carbons (Fsp3) is 0.298. The number of aromatic amines is 1. The van der Waals surface area contributed by atoms with Crippen molar-refractivity contribution in [3.8, 4) is 34.9 Å². The second kappa shape index (κ2) is 22.7. The monoisotopic (exact) mass is 1080 g/mol. The molecule has 9 aromatic rings. The Morgan fingerprint density at radius 2 is 1.23 bits per heavy atom. The van der Waals surface area contributed by atoms with Gasteiger partial charge in [0.1, 0.15) is 23.5 Å². The van der Waals surface area contributed by atoms with Gasteiger partial charge in [0.25, 0.3) is 10.0 Å². The van der Waals surface area contributed by atoms with Crippen LogP contribution >= 0.6 is 11.6 Å². The maximum absolute atomic E-state index is 15.4. The third-order valence-corrected chi connectivity index (χ3v) is 16.4. The Hall–Kier alpha value is -8.00. The highest BCUT2D eigenvalue weighted by molar-refractivity contribution is 7.90. The van der Waals surface area contributed by atoms with E-state index in [4.69, 9.17) is 11.6 Å². The molecule has 6 heterocycles. The minimum atomic E-state index is -4.24. The van der Waals surface area contributed by atoms with Crippen LogP contribution in [0.5, 0.6) is 0 Å². The predicted octanol–water partition coefficient (Wildman–Crippen LogP) is 12.0. The van der Waals surface area contributed by atoms with Gasteiger partial charge >= 0.3 is 0 Å². The molecule has 0 radical (unpaired) electrons. The normalized spacial score (nSPS) is 17.6. The molecule has 2 aliphatic rings. The number of aromatic nitrogens is 10. The molecule has 3 aromatic carbocycles. The number of benzene rings is 3. The van der Waals surface area contributed by atoms with E-state index in [-0.39, 0.29) is 60.7 Å². The fourth-order valence-corrected chi connectivity index (χ4v) is 12.5. The van der Waals surface area contributed by atoms with E-state index in [1.165, 1.54) is 36.7 Å². The molecule has 0 unspecified atom stereocenters. The summed E-state index contributed by atoms with van der Waals surface area (Å²) in [5.74, 6) is -0.704. The number of nitrogens with one attached hydrogen (secondary N) is 1. The highest BCUT2D eigenvalue weighted by Gasteiger charge is 2.29. The van der Waals surface area contributed by atoms with Gasteiger partial charge in [-0.15, -0.1) is 0 Å². The fourth-order valence-electron chi connectivity index (χ4n) is 10.9. The molecule has 11 rings (SSSR count). The summed E-state index contributed by atoms with van der Waals surface area (Å²) in [5.41, 5.74) is 4.31. The predicted molar refractivity (Wildman–Crippen MR) is 280 cm³/mol. The van der Waals surface area contributed by atoms with Crippen LogP contribution in [0.25, 0.3) is 44.6 Å². The van der Waals surface area contributed by atoms with Gasteiger partial charge in [0.05, 0.1) is 57.5 Å². The lowest BCUT2D eigenvalue weighted by Crippen LogP contribution is -2.20. The van der Waals surface area contributed by atoms with Gasteiger partial charge in [0.2, 0.25) is 5.28 Å². The Bertz CT molecular complexity index is 3850. The van der Waals surface area contributed by atoms with Crippen molar-refractivity contribution < 1.29 is 26.0 Å². The molecule has 77 heavy (non-hydrogen) atoms. The summed E-state index contributed by atoms with van der Waals surface area (Å²) >= 11 is 5.96. The van der Waals surface area contributed by atoms with E-state index in [1.807, 2.05) is 31.2 Å². The number of rotatable bonds is 12. The van der Waals surface area contributed by atoms with Crippen molar-refractivity contribution in [2.24, 2.45) is 23.7 Å². The van der Waals surface area contributed by atoms with E-state index in [0.29, 0.717) is 53.1 Å². The molecule has 0 saturated heterocycles. The molecule has 0 aliphatic heterocycles. The number of hydrogen-bond donors (Lipinski definition) is 1. The number of fused-ring (bicyclic) bond motifs is 2. The van der Waals surface area contributed by atoms with Crippen LogP contribution in [0.2, 0.25) is 5.28 Å². The molecule has 0 spiro atoms. The molecule has 4 atom stereocenters. The summed E-state index contributed by atoms with van der Waals surface area (Å²) in [4.78, 5) is 36.8. The number of aryl methyl sites for hydroxylation is 1. The average Bonchev–Trinajstić information content (AvgIpc) is 4.25. The van der Waals surface area contributed by atoms with E-state index in [2.05, 4.69) is 44.9 Å². The Morgan fingerprint density at radius 1 is 0.662 bits per heavy atom. The molecule has 0 amide bonds. The zero-order valence-electron chi connectivity index (χ0n) is 41.6. The Labute approximate surface area is 446 Å². The minimum absolute atomic E-state index is 0.00212. The molecule has 0 bridgehead atoms. The first-order valence-electron chi connectivity index (χ1n) is 25.3. The van der Waals surface area contributed by atoms with E-state index in [0.717, 1.165) is 97.4 Å². The van der Waals surface area contributed by atoms with E-state index in [1.54, 1.807) is 43.1 Å². The number of halogens is 5. The third-order valence-electron chi connectivity index (χ3n) is 14.6. The van der Waals surface area contributed by atoms with E-state index in [9.17, 15) is 27.7 Å². The standard InChI is InChI=1S/C32H27ClF2N6O2S.C25H22F2N6/c1-19-5-7-24(8-6-19)44(42,43)41-18-26(25-13-22(16-36)14-27(34)30(25)41)31-38-17-28(35)29(40-31)15-21-4-2-3-20(11-21)12-23-9-10-37-32(33)39-23;26-21-9-17(11-28)8-19-20(12-30-24(19)21)25-31-13-22(27)23(33-25)10-16-3-1-2-15(6-16)7-18-4-5-29-14-32-18/h5-10,13-14,17-18,20-21H,2-4,11-12,15H2,1H3;4-5,8-9,12-16,30H,1-3,6-7,10H2/t20-,21+;15-,16+/m00/s1. The van der Waals surface area contributed by atoms with Crippen LogP contribution in [0.3, 0.4) is 0 Å². The first kappa shape index (κ1) is 52.4. The van der Waals surface area contributed by atoms with Crippen molar-refractivity contribution in [2.75, 3.05) is 0 Å². The molecule has 2 fully saturated rings. The van der Waals surface area contributed by atoms with Crippen molar-refractivity contribution in [1.29, 1.82) is 10.5 Å². The molecular weight excluding hydrogens is 1030 g/mol. The molecule has 1 N–H and O–H groups in total. The lowest BCUT2D eigenvalue weighted by Gasteiger charge is -2.29. The van der Waals surface area contributed by atoms with Crippen LogP contribution in [-0.4, -0.2) is 57.2 Å². The third kappa shape index (κ3) is 11.7. The van der Waals surface area contributed by atoms with Gasteiger partial charge in [0, 0.05) is 58.1 Å². The van der Waals surface area contributed by atoms with Crippen molar-refractivity contribution >= 4 is 43.4 Å². The van der Waals surface area contributed by atoms with E-state index >= 15 is 8.78 Å². The van der Waals surface area contributed by atoms with Crippen molar-refractivity contribution in [1.82, 2.24) is 48.8 Å². The Kier molecular flexibility index (Phi) is 15.5. The van der Waals surface area contributed by atoms with Crippen LogP contribution < -0.4 is 0 Å². The Balaban J connectivity index is 0.000000182. The second-order valence-corrected chi connectivity index (χ2v) is 22.1. The summed E-state index contributed by atoms with van der Waals surface area (Å²) < 4.78 is 87.8. The van der Waals surface area contributed by atoms with Gasteiger partial charge < -0.3 is 4.98 Å². The van der Waals surface area contributed by atoms with Crippen LogP contribution in [0.1, 0.15) is 90.8 Å². The molecule has 390 valence electrons. The molecule has 20 heteroatoms. The topological polar surface area (TPSA) is 206 Å². The largest absolute Gasteiger partial charge is 0.358 e. The van der Waals surface area contributed by atoms with E-state index < -0.39 is 33.3 Å². The van der Waals surface area contributed by atoms with Crippen LogP contribution in [0.15, 0.2) is 109 Å². The van der Waals surface area contributed by atoms with Gasteiger partial charge in [-0.25, -0.2) is 69.8 Å². The quantitative estimate of drug-likeness (QED) is 0.0896. The van der Waals surface area contributed by atoms with Crippen molar-refractivity contribution in [3.05, 3.63) is 172 Å². The summed E-state index contributed by atoms with van der Waals surface area (Å²) in [6.07, 6.45) is 20.6. The summed E-state index contributed by atoms with van der Waals surface area (Å²) in [5, 5.41) is 19.5. The molecule has 14 nitrogen and oxygen atoms in total. The highest BCUT2D eigenvalue weighted by atomic mass is 35.5. The first-order valence-corrected chi connectivity index (χ1v) is 27.1. The van der Waals surface area contributed by atoms with Crippen LogP contribution in [0.4, 0.5) is 17.6 Å². The van der Waals surface area contributed by atoms with Crippen LogP contribution in [0, 0.1) is 76.5 Å². The minimum Gasteiger partial charge on any atom is -0.358 e. The summed E-state index contributed by atoms with van der Waals surface area (Å²) in [7, 11) is -4.24. The van der Waals surface area contributed by atoms with Crippen LogP contribution in [-0.2, 0) is 35.7 Å². The van der Waals surface area contributed by atoms with Gasteiger partial charge in [-0.2, -0.15) is 10.5 Å². The molecule has 2 aliphatic carbocycles. The lowest BCUT2D eigenvalue weighted by atomic mass is 9.77. The second-order valence-electron chi connectivity index (χ2n) is 19.9. The van der Waals surface area contributed by atoms with Gasteiger partial charge in [-0.3, -0.25) is 0 Å². The summed E-state index contributed by atoms with van der Waals surface area (Å²) in [6, 6.07) is 19.0. The molecule has 2 saturated carbocycles. The molecule has 6 aromatic heterocycles. The number of H-pyrrole nitrogens is 1. The maximum atomic E-state index is 15.4. The summed E-state index contributed by atoms with van der Waals surface area (Å²) in [6.45, 7) is 1.83. The number of hydrogen-bond acceptors (Lipinski definition) is 12. The number of nitrogens with zero attached hydrogens (tertiary/aromatic N) is 11. The first-order chi connectivity index (χ1) is 37.2. The van der Waals surface area contributed by atoms with Crippen molar-refractivity contribution in [2.45, 2.75) is 88.9 Å². The SMILES string of the molecule is Cc1ccc(S(=O)(=O)n2cc(-c3ncc(F)c(C[C@@H]4CCC[C@H](Cc5ccnc(Cl)n5)C4)n3)c3cc(C#N)cc(F)c32)cc1.N#Cc1cc(F)c2[nH]cc(-c3ncc(F)c(C[C@@H]4CCC[C@H](Cc5ccncn5)C4)n3)c2c1. The smallest absolute Gasteiger partial charge is 0.268 e. The molecular formula is C57H49ClF4N12O2S. The van der Waals surface area contributed by atoms with Gasteiger partial charge in [0.15, 0.2) is 23.3 Å².